The van der Waals surface area contributed by atoms with E-state index >= 15 is 0 Å². The zero-order valence-electron chi connectivity index (χ0n) is 10.8. The fourth-order valence-corrected chi connectivity index (χ4v) is 2.43. The van der Waals surface area contributed by atoms with Crippen LogP contribution in [0.3, 0.4) is 0 Å². The van der Waals surface area contributed by atoms with E-state index in [1.165, 1.54) is 11.1 Å². The third-order valence-electron chi connectivity index (χ3n) is 3.37. The molecule has 0 radical (unpaired) electrons. The lowest BCUT2D eigenvalue weighted by Crippen LogP contribution is -2.42. The Balaban J connectivity index is 2.13. The molecule has 0 saturated heterocycles. The monoisotopic (exact) mass is 244 g/mol. The molecule has 0 aromatic heterocycles. The molecular formula is C15H20N2O. The summed E-state index contributed by atoms with van der Waals surface area (Å²) in [5.74, 6) is 11.6. The second kappa shape index (κ2) is 6.55. The smallest absolute Gasteiger partial charge is 0.0994 e. The van der Waals surface area contributed by atoms with E-state index in [0.29, 0.717) is 0 Å². The van der Waals surface area contributed by atoms with Crippen molar-refractivity contribution in [1.29, 1.82) is 0 Å². The average Bonchev–Trinajstić information content (AvgIpc) is 2.43. The number of hydrogen-bond acceptors (Lipinski definition) is 3. The number of hydrazine groups is 1. The van der Waals surface area contributed by atoms with E-state index < -0.39 is 0 Å². The van der Waals surface area contributed by atoms with Gasteiger partial charge in [-0.05, 0) is 30.9 Å². The molecule has 2 atom stereocenters. The molecule has 0 amide bonds. The molecule has 0 bridgehead atoms. The first-order chi connectivity index (χ1) is 8.86. The molecule has 1 heterocycles. The van der Waals surface area contributed by atoms with E-state index in [1.54, 1.807) is 0 Å². The lowest BCUT2D eigenvalue weighted by molar-refractivity contribution is 0.0136. The number of hydrogen-bond donors (Lipinski definition) is 2. The van der Waals surface area contributed by atoms with Crippen molar-refractivity contribution in [1.82, 2.24) is 5.43 Å². The summed E-state index contributed by atoms with van der Waals surface area (Å²) in [5, 5.41) is 0. The molecule has 1 aliphatic rings. The SMILES string of the molecule is CC#CCCC(NN)C1OCCc2ccccc21. The number of benzene rings is 1. The molecule has 18 heavy (non-hydrogen) atoms. The van der Waals surface area contributed by atoms with Crippen molar-refractivity contribution in [3.05, 3.63) is 35.4 Å². The first-order valence-corrected chi connectivity index (χ1v) is 6.42. The Labute approximate surface area is 109 Å². The largest absolute Gasteiger partial charge is 0.371 e. The van der Waals surface area contributed by atoms with Gasteiger partial charge in [-0.15, -0.1) is 11.8 Å². The van der Waals surface area contributed by atoms with Crippen LogP contribution in [-0.4, -0.2) is 12.6 Å². The van der Waals surface area contributed by atoms with E-state index in [4.69, 9.17) is 10.6 Å². The minimum absolute atomic E-state index is 0.0404. The van der Waals surface area contributed by atoms with Crippen molar-refractivity contribution in [2.24, 2.45) is 5.84 Å². The lowest BCUT2D eigenvalue weighted by Gasteiger charge is -2.31. The number of nitrogens with one attached hydrogen (secondary N) is 1. The van der Waals surface area contributed by atoms with Crippen molar-refractivity contribution in [2.75, 3.05) is 6.61 Å². The summed E-state index contributed by atoms with van der Waals surface area (Å²) < 4.78 is 5.90. The third-order valence-corrected chi connectivity index (χ3v) is 3.37. The van der Waals surface area contributed by atoms with Gasteiger partial charge in [0.05, 0.1) is 18.8 Å². The molecule has 0 fully saturated rings. The van der Waals surface area contributed by atoms with E-state index in [9.17, 15) is 0 Å². The summed E-state index contributed by atoms with van der Waals surface area (Å²) >= 11 is 0. The summed E-state index contributed by atoms with van der Waals surface area (Å²) in [5.41, 5.74) is 5.51. The molecule has 96 valence electrons. The van der Waals surface area contributed by atoms with Crippen LogP contribution < -0.4 is 11.3 Å². The van der Waals surface area contributed by atoms with Gasteiger partial charge in [-0.2, -0.15) is 0 Å². The van der Waals surface area contributed by atoms with Crippen LogP contribution in [0.2, 0.25) is 0 Å². The van der Waals surface area contributed by atoms with Gasteiger partial charge < -0.3 is 4.74 Å². The zero-order valence-corrected chi connectivity index (χ0v) is 10.8. The topological polar surface area (TPSA) is 47.3 Å². The van der Waals surface area contributed by atoms with Crippen LogP contribution in [-0.2, 0) is 11.2 Å². The Morgan fingerprint density at radius 2 is 2.33 bits per heavy atom. The van der Waals surface area contributed by atoms with Gasteiger partial charge in [-0.3, -0.25) is 11.3 Å². The van der Waals surface area contributed by atoms with Gasteiger partial charge in [0.15, 0.2) is 0 Å². The molecule has 1 aromatic rings. The Morgan fingerprint density at radius 1 is 1.50 bits per heavy atom. The number of fused-ring (bicyclic) bond motifs is 1. The Morgan fingerprint density at radius 3 is 3.11 bits per heavy atom. The van der Waals surface area contributed by atoms with Crippen LogP contribution in [0.4, 0.5) is 0 Å². The summed E-state index contributed by atoms with van der Waals surface area (Å²) in [6.45, 7) is 2.62. The minimum atomic E-state index is 0.0404. The predicted molar refractivity (Wildman–Crippen MR) is 72.6 cm³/mol. The highest BCUT2D eigenvalue weighted by Gasteiger charge is 2.27. The summed E-state index contributed by atoms with van der Waals surface area (Å²) in [6, 6.07) is 8.56. The summed E-state index contributed by atoms with van der Waals surface area (Å²) in [4.78, 5) is 0. The number of ether oxygens (including phenoxy) is 1. The van der Waals surface area contributed by atoms with E-state index in [0.717, 1.165) is 25.9 Å². The molecule has 1 aliphatic heterocycles. The van der Waals surface area contributed by atoms with Crippen LogP contribution in [0.25, 0.3) is 0 Å². The fourth-order valence-electron chi connectivity index (χ4n) is 2.43. The van der Waals surface area contributed by atoms with Gasteiger partial charge in [0.25, 0.3) is 0 Å². The third kappa shape index (κ3) is 2.91. The van der Waals surface area contributed by atoms with Crippen LogP contribution in [0.1, 0.15) is 37.0 Å². The van der Waals surface area contributed by atoms with E-state index in [1.807, 2.05) is 6.92 Å². The number of nitrogens with two attached hydrogens (primary N) is 1. The van der Waals surface area contributed by atoms with Crippen molar-refractivity contribution >= 4 is 0 Å². The molecular weight excluding hydrogens is 224 g/mol. The minimum Gasteiger partial charge on any atom is -0.371 e. The molecule has 0 aliphatic carbocycles. The Kier molecular flexibility index (Phi) is 4.77. The lowest BCUT2D eigenvalue weighted by atomic mass is 9.91. The molecule has 3 nitrogen and oxygen atoms in total. The Bertz CT molecular complexity index is 447. The van der Waals surface area contributed by atoms with Crippen LogP contribution >= 0.6 is 0 Å². The van der Waals surface area contributed by atoms with Gasteiger partial charge in [-0.25, -0.2) is 0 Å². The molecule has 0 saturated carbocycles. The highest BCUT2D eigenvalue weighted by Crippen LogP contribution is 2.30. The average molecular weight is 244 g/mol. The molecule has 2 rings (SSSR count). The second-order valence-electron chi connectivity index (χ2n) is 4.48. The maximum Gasteiger partial charge on any atom is 0.0994 e. The quantitative estimate of drug-likeness (QED) is 0.483. The normalized spacial score (nSPS) is 19.6. The molecule has 0 spiro atoms. The Hall–Kier alpha value is -1.34. The van der Waals surface area contributed by atoms with Crippen LogP contribution in [0.15, 0.2) is 24.3 Å². The van der Waals surface area contributed by atoms with E-state index in [-0.39, 0.29) is 12.1 Å². The first kappa shape index (κ1) is 13.1. The van der Waals surface area contributed by atoms with E-state index in [2.05, 4.69) is 41.5 Å². The molecule has 2 unspecified atom stereocenters. The summed E-state index contributed by atoms with van der Waals surface area (Å²) in [7, 11) is 0. The van der Waals surface area contributed by atoms with Gasteiger partial charge in [0, 0.05) is 6.42 Å². The van der Waals surface area contributed by atoms with Crippen molar-refractivity contribution < 1.29 is 4.74 Å². The van der Waals surface area contributed by atoms with Crippen molar-refractivity contribution in [2.45, 2.75) is 38.3 Å². The van der Waals surface area contributed by atoms with Crippen molar-refractivity contribution in [3.8, 4) is 11.8 Å². The predicted octanol–water partition coefficient (Wildman–Crippen LogP) is 1.94. The van der Waals surface area contributed by atoms with Crippen LogP contribution in [0, 0.1) is 11.8 Å². The van der Waals surface area contributed by atoms with Gasteiger partial charge in [-0.1, -0.05) is 24.3 Å². The van der Waals surface area contributed by atoms with Gasteiger partial charge in [0.1, 0.15) is 0 Å². The molecule has 1 aromatic carbocycles. The maximum absolute atomic E-state index is 5.90. The maximum atomic E-state index is 5.90. The highest BCUT2D eigenvalue weighted by atomic mass is 16.5. The molecule has 3 heteroatoms. The van der Waals surface area contributed by atoms with Crippen molar-refractivity contribution in [3.63, 3.8) is 0 Å². The van der Waals surface area contributed by atoms with Gasteiger partial charge in [0.2, 0.25) is 0 Å². The highest BCUT2D eigenvalue weighted by molar-refractivity contribution is 5.32. The number of rotatable bonds is 4. The fraction of sp³-hybridized carbons (Fsp3) is 0.467. The zero-order chi connectivity index (χ0) is 12.8. The molecule has 3 N–H and O–H groups in total. The van der Waals surface area contributed by atoms with Crippen LogP contribution in [0.5, 0.6) is 0 Å². The summed E-state index contributed by atoms with van der Waals surface area (Å²) in [6.07, 6.45) is 2.77. The van der Waals surface area contributed by atoms with Gasteiger partial charge >= 0.3 is 0 Å². The standard InChI is InChI=1S/C15H20N2O/c1-2-3-4-9-14(17-16)15-13-8-6-5-7-12(13)10-11-18-15/h5-8,14-15,17H,4,9-11,16H2,1H3. The first-order valence-electron chi connectivity index (χ1n) is 6.42. The second-order valence-corrected chi connectivity index (χ2v) is 4.48.